The van der Waals surface area contributed by atoms with Gasteiger partial charge in [0.2, 0.25) is 5.91 Å². The van der Waals surface area contributed by atoms with Crippen LogP contribution in [-0.4, -0.2) is 17.6 Å². The van der Waals surface area contributed by atoms with Crippen LogP contribution in [-0.2, 0) is 11.3 Å². The lowest BCUT2D eigenvalue weighted by atomic mass is 10.1. The molecule has 0 aliphatic carbocycles. The largest absolute Gasteiger partial charge is 0.495 e. The Bertz CT molecular complexity index is 1030. The number of halogens is 1. The number of rotatable bonds is 5. The fourth-order valence-corrected chi connectivity index (χ4v) is 3.17. The summed E-state index contributed by atoms with van der Waals surface area (Å²) >= 11 is 6.07. The van der Waals surface area contributed by atoms with Crippen molar-refractivity contribution in [3.63, 3.8) is 0 Å². The number of aromatic nitrogens is 1. The molecule has 0 aliphatic rings. The summed E-state index contributed by atoms with van der Waals surface area (Å²) < 4.78 is 6.72. The number of carbonyl (C=O) groups excluding carboxylic acids is 1. The van der Waals surface area contributed by atoms with Gasteiger partial charge in [-0.2, -0.15) is 0 Å². The Morgan fingerprint density at radius 3 is 2.69 bits per heavy atom. The quantitative estimate of drug-likeness (QED) is 0.738. The molecule has 1 amide bonds. The molecule has 0 fully saturated rings. The van der Waals surface area contributed by atoms with Gasteiger partial charge in [-0.25, -0.2) is 0 Å². The summed E-state index contributed by atoms with van der Waals surface area (Å²) in [6.45, 7) is 2.21. The molecule has 1 aromatic heterocycles. The lowest BCUT2D eigenvalue weighted by Crippen LogP contribution is -2.23. The summed E-state index contributed by atoms with van der Waals surface area (Å²) in [6, 6.07) is 14.3. The van der Waals surface area contributed by atoms with Gasteiger partial charge in [0, 0.05) is 30.1 Å². The number of nitrogens with one attached hydrogen (secondary N) is 1. The Balaban J connectivity index is 1.75. The van der Waals surface area contributed by atoms with Crippen LogP contribution in [0.4, 0.5) is 5.69 Å². The summed E-state index contributed by atoms with van der Waals surface area (Å²) in [6.07, 6.45) is 0.177. The number of methoxy groups -OCH3 is 1. The number of benzene rings is 2. The van der Waals surface area contributed by atoms with Crippen LogP contribution >= 0.6 is 11.6 Å². The van der Waals surface area contributed by atoms with E-state index in [-0.39, 0.29) is 17.9 Å². The second-order valence-electron chi connectivity index (χ2n) is 5.98. The van der Waals surface area contributed by atoms with Crippen molar-refractivity contribution in [1.82, 2.24) is 4.57 Å². The number of nitrogens with zero attached hydrogens (tertiary/aromatic N) is 1. The maximum atomic E-state index is 12.3. The fraction of sp³-hybridized carbons (Fsp3) is 0.200. The molecule has 0 atom stereocenters. The molecular formula is C20H19ClN2O3. The van der Waals surface area contributed by atoms with Gasteiger partial charge in [-0.15, -0.1) is 0 Å². The van der Waals surface area contributed by atoms with Crippen molar-refractivity contribution in [2.24, 2.45) is 0 Å². The predicted molar refractivity (Wildman–Crippen MR) is 104 cm³/mol. The second-order valence-corrected chi connectivity index (χ2v) is 6.39. The van der Waals surface area contributed by atoms with E-state index in [1.54, 1.807) is 28.8 Å². The molecule has 0 saturated heterocycles. The third kappa shape index (κ3) is 3.73. The number of aryl methyl sites for hydroxylation is 2. The molecule has 5 nitrogen and oxygen atoms in total. The third-order valence-corrected chi connectivity index (χ3v) is 4.52. The molecule has 0 spiro atoms. The lowest BCUT2D eigenvalue weighted by molar-refractivity contribution is -0.116. The van der Waals surface area contributed by atoms with Gasteiger partial charge >= 0.3 is 0 Å². The number of para-hydroxylation sites is 1. The zero-order chi connectivity index (χ0) is 18.7. The Labute approximate surface area is 156 Å². The van der Waals surface area contributed by atoms with Crippen LogP contribution < -0.4 is 15.6 Å². The van der Waals surface area contributed by atoms with E-state index in [0.717, 1.165) is 16.5 Å². The van der Waals surface area contributed by atoms with Crippen LogP contribution in [0.25, 0.3) is 10.9 Å². The molecule has 134 valence electrons. The number of fused-ring (bicyclic) bond motifs is 1. The van der Waals surface area contributed by atoms with Gasteiger partial charge in [-0.3, -0.25) is 9.59 Å². The van der Waals surface area contributed by atoms with E-state index in [1.165, 1.54) is 7.11 Å². The summed E-state index contributed by atoms with van der Waals surface area (Å²) in [5, 5.41) is 4.22. The van der Waals surface area contributed by atoms with E-state index in [1.807, 2.05) is 31.2 Å². The molecule has 3 aromatic rings. The summed E-state index contributed by atoms with van der Waals surface area (Å²) in [4.78, 5) is 24.6. The van der Waals surface area contributed by atoms with Crippen molar-refractivity contribution >= 4 is 34.1 Å². The van der Waals surface area contributed by atoms with Crippen LogP contribution in [0.3, 0.4) is 0 Å². The molecule has 2 aromatic carbocycles. The van der Waals surface area contributed by atoms with Crippen LogP contribution in [0.5, 0.6) is 5.75 Å². The van der Waals surface area contributed by atoms with Crippen LogP contribution in [0.2, 0.25) is 5.02 Å². The van der Waals surface area contributed by atoms with Crippen molar-refractivity contribution in [2.45, 2.75) is 19.9 Å². The SMILES string of the molecule is COc1ccc(NC(=O)CCn2c(=O)cc(C)c3ccccc32)cc1Cl. The molecule has 0 radical (unpaired) electrons. The average molecular weight is 371 g/mol. The van der Waals surface area contributed by atoms with Crippen LogP contribution in [0.15, 0.2) is 53.3 Å². The van der Waals surface area contributed by atoms with Gasteiger partial charge in [0.15, 0.2) is 0 Å². The highest BCUT2D eigenvalue weighted by atomic mass is 35.5. The van der Waals surface area contributed by atoms with Crippen molar-refractivity contribution < 1.29 is 9.53 Å². The zero-order valence-electron chi connectivity index (χ0n) is 14.6. The van der Waals surface area contributed by atoms with Crippen LogP contribution in [0.1, 0.15) is 12.0 Å². The molecule has 0 unspecified atom stereocenters. The molecule has 26 heavy (non-hydrogen) atoms. The Morgan fingerprint density at radius 2 is 1.96 bits per heavy atom. The number of carbonyl (C=O) groups is 1. The number of hydrogen-bond acceptors (Lipinski definition) is 3. The lowest BCUT2D eigenvalue weighted by Gasteiger charge is -2.12. The standard InChI is InChI=1S/C20H19ClN2O3/c1-13-11-20(25)23(17-6-4-3-5-15(13)17)10-9-19(24)22-14-7-8-18(26-2)16(21)12-14/h3-8,11-12H,9-10H2,1-2H3,(H,22,24). The first kappa shape index (κ1) is 18.0. The molecule has 1 N–H and O–H groups in total. The van der Waals surface area contributed by atoms with E-state index < -0.39 is 0 Å². The van der Waals surface area contributed by atoms with Gasteiger partial charge < -0.3 is 14.6 Å². The topological polar surface area (TPSA) is 60.3 Å². The van der Waals surface area contributed by atoms with Crippen molar-refractivity contribution in [2.75, 3.05) is 12.4 Å². The van der Waals surface area contributed by atoms with E-state index >= 15 is 0 Å². The molecule has 3 rings (SSSR count). The number of pyridine rings is 1. The highest BCUT2D eigenvalue weighted by molar-refractivity contribution is 6.32. The monoisotopic (exact) mass is 370 g/mol. The Hall–Kier alpha value is -2.79. The maximum absolute atomic E-state index is 12.3. The van der Waals surface area contributed by atoms with E-state index in [4.69, 9.17) is 16.3 Å². The number of amides is 1. The average Bonchev–Trinajstić information content (AvgIpc) is 2.61. The Morgan fingerprint density at radius 1 is 1.19 bits per heavy atom. The van der Waals surface area contributed by atoms with E-state index in [0.29, 0.717) is 23.0 Å². The van der Waals surface area contributed by atoms with Crippen molar-refractivity contribution in [1.29, 1.82) is 0 Å². The van der Waals surface area contributed by atoms with Gasteiger partial charge in [0.25, 0.3) is 5.56 Å². The molecule has 6 heteroatoms. The molecule has 0 aliphatic heterocycles. The highest BCUT2D eigenvalue weighted by Gasteiger charge is 2.09. The first-order chi connectivity index (χ1) is 12.5. The number of ether oxygens (including phenoxy) is 1. The molecule has 0 bridgehead atoms. The normalized spacial score (nSPS) is 10.7. The zero-order valence-corrected chi connectivity index (χ0v) is 15.3. The van der Waals surface area contributed by atoms with E-state index in [9.17, 15) is 9.59 Å². The number of anilines is 1. The maximum Gasteiger partial charge on any atom is 0.251 e. The van der Waals surface area contributed by atoms with Gasteiger partial charge in [-0.1, -0.05) is 29.8 Å². The van der Waals surface area contributed by atoms with Gasteiger partial charge in [0.05, 0.1) is 17.6 Å². The smallest absolute Gasteiger partial charge is 0.251 e. The van der Waals surface area contributed by atoms with Crippen molar-refractivity contribution in [3.05, 3.63) is 69.5 Å². The molecule has 1 heterocycles. The van der Waals surface area contributed by atoms with Gasteiger partial charge in [-0.05, 0) is 36.8 Å². The minimum atomic E-state index is -0.192. The van der Waals surface area contributed by atoms with Crippen LogP contribution in [0, 0.1) is 6.92 Å². The fourth-order valence-electron chi connectivity index (χ4n) is 2.91. The third-order valence-electron chi connectivity index (χ3n) is 4.22. The van der Waals surface area contributed by atoms with Crippen molar-refractivity contribution in [3.8, 4) is 5.75 Å². The first-order valence-corrected chi connectivity index (χ1v) is 8.60. The molecule has 0 saturated carbocycles. The second kappa shape index (κ2) is 7.62. The highest BCUT2D eigenvalue weighted by Crippen LogP contribution is 2.27. The predicted octanol–water partition coefficient (Wildman–Crippen LogP) is 4.00. The Kier molecular flexibility index (Phi) is 5.28. The first-order valence-electron chi connectivity index (χ1n) is 8.22. The minimum absolute atomic E-state index is 0.110. The number of hydrogen-bond donors (Lipinski definition) is 1. The molecular weight excluding hydrogens is 352 g/mol. The summed E-state index contributed by atoms with van der Waals surface area (Å²) in [7, 11) is 1.53. The van der Waals surface area contributed by atoms with Gasteiger partial charge in [0.1, 0.15) is 5.75 Å². The summed E-state index contributed by atoms with van der Waals surface area (Å²) in [5.41, 5.74) is 2.24. The summed E-state index contributed by atoms with van der Waals surface area (Å²) in [5.74, 6) is 0.352. The minimum Gasteiger partial charge on any atom is -0.495 e. The van der Waals surface area contributed by atoms with E-state index in [2.05, 4.69) is 5.32 Å².